The van der Waals surface area contributed by atoms with Gasteiger partial charge < -0.3 is 24.1 Å². The lowest BCUT2D eigenvalue weighted by atomic mass is 10.1. The molecule has 104 valence electrons. The first-order chi connectivity index (χ1) is 9.17. The first kappa shape index (κ1) is 13.6. The van der Waals surface area contributed by atoms with Crippen molar-refractivity contribution in [3.8, 4) is 11.5 Å². The fourth-order valence-electron chi connectivity index (χ4n) is 1.72. The number of carbonyl (C=O) groups is 1. The van der Waals surface area contributed by atoms with E-state index in [-0.39, 0.29) is 6.10 Å². The molecule has 6 heteroatoms. The van der Waals surface area contributed by atoms with Crippen molar-refractivity contribution in [2.24, 2.45) is 0 Å². The number of carbonyl (C=O) groups excluding carboxylic acids is 1. The standard InChI is InChI=1S/C13H16O6/c1-16-10-5-3-4-9(11(14)13(15)17-2)12(10)19-8-6-18-7-8/h3-5,8,11,14H,6-7H2,1-2H3. The molecule has 1 fully saturated rings. The molecule has 19 heavy (non-hydrogen) atoms. The summed E-state index contributed by atoms with van der Waals surface area (Å²) in [5.41, 5.74) is 0.318. The molecule has 2 rings (SSSR count). The van der Waals surface area contributed by atoms with Crippen LogP contribution >= 0.6 is 0 Å². The van der Waals surface area contributed by atoms with Crippen molar-refractivity contribution in [3.63, 3.8) is 0 Å². The van der Waals surface area contributed by atoms with Gasteiger partial charge in [-0.2, -0.15) is 0 Å². The molecule has 1 heterocycles. The van der Waals surface area contributed by atoms with Gasteiger partial charge in [-0.1, -0.05) is 12.1 Å². The van der Waals surface area contributed by atoms with Gasteiger partial charge in [0.25, 0.3) is 0 Å². The number of aliphatic hydroxyl groups is 1. The Morgan fingerprint density at radius 1 is 1.42 bits per heavy atom. The van der Waals surface area contributed by atoms with Crippen LogP contribution in [0.1, 0.15) is 11.7 Å². The van der Waals surface area contributed by atoms with Gasteiger partial charge in [-0.15, -0.1) is 0 Å². The van der Waals surface area contributed by atoms with Gasteiger partial charge in [0.05, 0.1) is 27.4 Å². The third-order valence-corrected chi connectivity index (χ3v) is 2.84. The van der Waals surface area contributed by atoms with Gasteiger partial charge in [-0.3, -0.25) is 0 Å². The molecule has 0 radical (unpaired) electrons. The van der Waals surface area contributed by atoms with Crippen LogP contribution in [0, 0.1) is 0 Å². The Balaban J connectivity index is 2.32. The summed E-state index contributed by atoms with van der Waals surface area (Å²) in [4.78, 5) is 11.4. The van der Waals surface area contributed by atoms with Crippen LogP contribution in [0.15, 0.2) is 18.2 Å². The maximum absolute atomic E-state index is 11.4. The number of esters is 1. The van der Waals surface area contributed by atoms with Crippen molar-refractivity contribution in [2.45, 2.75) is 12.2 Å². The van der Waals surface area contributed by atoms with E-state index >= 15 is 0 Å². The number of benzene rings is 1. The van der Waals surface area contributed by atoms with Crippen molar-refractivity contribution < 1.29 is 28.8 Å². The van der Waals surface area contributed by atoms with Gasteiger partial charge in [0.2, 0.25) is 0 Å². The second kappa shape index (κ2) is 5.90. The van der Waals surface area contributed by atoms with Gasteiger partial charge in [0.15, 0.2) is 17.6 Å². The van der Waals surface area contributed by atoms with Crippen LogP contribution in [0.2, 0.25) is 0 Å². The first-order valence-corrected chi connectivity index (χ1v) is 5.84. The predicted octanol–water partition coefficient (Wildman–Crippen LogP) is 0.679. The zero-order valence-electron chi connectivity index (χ0n) is 10.8. The molecule has 0 saturated carbocycles. The lowest BCUT2D eigenvalue weighted by molar-refractivity contribution is -0.151. The monoisotopic (exact) mass is 268 g/mol. The number of rotatable bonds is 5. The van der Waals surface area contributed by atoms with Gasteiger partial charge in [-0.05, 0) is 6.07 Å². The van der Waals surface area contributed by atoms with Crippen LogP contribution < -0.4 is 9.47 Å². The largest absolute Gasteiger partial charge is 0.493 e. The van der Waals surface area contributed by atoms with Gasteiger partial charge in [0, 0.05) is 5.56 Å². The van der Waals surface area contributed by atoms with Crippen LogP contribution in [0.3, 0.4) is 0 Å². The highest BCUT2D eigenvalue weighted by Gasteiger charge is 2.28. The average molecular weight is 268 g/mol. The summed E-state index contributed by atoms with van der Waals surface area (Å²) < 4.78 is 20.5. The molecule has 1 N–H and O–H groups in total. The summed E-state index contributed by atoms with van der Waals surface area (Å²) in [6.07, 6.45) is -1.50. The molecule has 0 amide bonds. The Kier molecular flexibility index (Phi) is 4.24. The summed E-state index contributed by atoms with van der Waals surface area (Å²) >= 11 is 0. The lowest BCUT2D eigenvalue weighted by Crippen LogP contribution is -2.39. The van der Waals surface area contributed by atoms with E-state index in [0.717, 1.165) is 0 Å². The number of ether oxygens (including phenoxy) is 4. The van der Waals surface area contributed by atoms with Crippen molar-refractivity contribution in [1.82, 2.24) is 0 Å². The molecule has 1 aromatic carbocycles. The SMILES string of the molecule is COC(=O)C(O)c1cccc(OC)c1OC1COC1. The Bertz CT molecular complexity index is 454. The Hall–Kier alpha value is -1.79. The van der Waals surface area contributed by atoms with E-state index in [1.54, 1.807) is 18.2 Å². The van der Waals surface area contributed by atoms with Crippen LogP contribution in [0.5, 0.6) is 11.5 Å². The normalized spacial score (nSPS) is 16.4. The minimum Gasteiger partial charge on any atom is -0.493 e. The fraction of sp³-hybridized carbons (Fsp3) is 0.462. The minimum absolute atomic E-state index is 0.0973. The van der Waals surface area contributed by atoms with Gasteiger partial charge >= 0.3 is 5.97 Å². The molecule has 1 aliphatic rings. The molecule has 1 unspecified atom stereocenters. The third kappa shape index (κ3) is 2.80. The second-order valence-corrected chi connectivity index (χ2v) is 4.08. The van der Waals surface area contributed by atoms with E-state index < -0.39 is 12.1 Å². The number of hydrogen-bond acceptors (Lipinski definition) is 6. The lowest BCUT2D eigenvalue weighted by Gasteiger charge is -2.29. The number of aliphatic hydroxyl groups excluding tert-OH is 1. The Labute approximate surface area is 110 Å². The fourth-order valence-corrected chi connectivity index (χ4v) is 1.72. The van der Waals surface area contributed by atoms with Crippen LogP contribution in [-0.4, -0.2) is 44.6 Å². The van der Waals surface area contributed by atoms with E-state index in [9.17, 15) is 9.90 Å². The highest BCUT2D eigenvalue weighted by atomic mass is 16.6. The molecule has 0 aromatic heterocycles. The molecule has 6 nitrogen and oxygen atoms in total. The maximum atomic E-state index is 11.4. The average Bonchev–Trinajstić information content (AvgIpc) is 2.40. The molecule has 1 aliphatic heterocycles. The second-order valence-electron chi connectivity index (χ2n) is 4.08. The highest BCUT2D eigenvalue weighted by Crippen LogP contribution is 2.36. The molecular weight excluding hydrogens is 252 g/mol. The molecule has 1 atom stereocenters. The highest BCUT2D eigenvalue weighted by molar-refractivity contribution is 5.77. The van der Waals surface area contributed by atoms with Crippen LogP contribution in [-0.2, 0) is 14.3 Å². The number of para-hydroxylation sites is 1. The van der Waals surface area contributed by atoms with Crippen molar-refractivity contribution in [1.29, 1.82) is 0 Å². The van der Waals surface area contributed by atoms with E-state index in [0.29, 0.717) is 30.3 Å². The maximum Gasteiger partial charge on any atom is 0.339 e. The first-order valence-electron chi connectivity index (χ1n) is 5.84. The molecule has 0 spiro atoms. The quantitative estimate of drug-likeness (QED) is 0.792. The summed E-state index contributed by atoms with van der Waals surface area (Å²) in [5, 5.41) is 9.95. The van der Waals surface area contributed by atoms with E-state index in [1.165, 1.54) is 14.2 Å². The minimum atomic E-state index is -1.41. The summed E-state index contributed by atoms with van der Waals surface area (Å²) in [5.74, 6) is 0.0477. The number of methoxy groups -OCH3 is 2. The predicted molar refractivity (Wildman–Crippen MR) is 65.2 cm³/mol. The molecule has 1 saturated heterocycles. The summed E-state index contributed by atoms with van der Waals surface area (Å²) in [6.45, 7) is 0.956. The molecule has 0 aliphatic carbocycles. The topological polar surface area (TPSA) is 74.2 Å². The zero-order chi connectivity index (χ0) is 13.8. The summed E-state index contributed by atoms with van der Waals surface area (Å²) in [7, 11) is 2.71. The van der Waals surface area contributed by atoms with E-state index in [2.05, 4.69) is 4.74 Å². The van der Waals surface area contributed by atoms with Crippen molar-refractivity contribution in [3.05, 3.63) is 23.8 Å². The zero-order valence-corrected chi connectivity index (χ0v) is 10.8. The Morgan fingerprint density at radius 3 is 2.68 bits per heavy atom. The van der Waals surface area contributed by atoms with Crippen LogP contribution in [0.4, 0.5) is 0 Å². The van der Waals surface area contributed by atoms with Crippen LogP contribution in [0.25, 0.3) is 0 Å². The Morgan fingerprint density at radius 2 is 2.16 bits per heavy atom. The van der Waals surface area contributed by atoms with Crippen molar-refractivity contribution >= 4 is 5.97 Å². The molecule has 1 aromatic rings. The molecular formula is C13H16O6. The number of hydrogen-bond donors (Lipinski definition) is 1. The van der Waals surface area contributed by atoms with E-state index in [1.807, 2.05) is 0 Å². The molecule has 0 bridgehead atoms. The van der Waals surface area contributed by atoms with Gasteiger partial charge in [0.1, 0.15) is 6.10 Å². The van der Waals surface area contributed by atoms with Crippen molar-refractivity contribution in [2.75, 3.05) is 27.4 Å². The smallest absolute Gasteiger partial charge is 0.339 e. The summed E-state index contributed by atoms with van der Waals surface area (Å²) in [6, 6.07) is 4.96. The van der Waals surface area contributed by atoms with Gasteiger partial charge in [-0.25, -0.2) is 4.79 Å². The third-order valence-electron chi connectivity index (χ3n) is 2.84. The van der Waals surface area contributed by atoms with E-state index in [4.69, 9.17) is 14.2 Å².